The van der Waals surface area contributed by atoms with Crippen LogP contribution in [0.15, 0.2) is 24.4 Å². The summed E-state index contributed by atoms with van der Waals surface area (Å²) in [6.45, 7) is 2.42. The largest absolute Gasteiger partial charge is 0.493 e. The maximum atomic E-state index is 10.7. The van der Waals surface area contributed by atoms with Crippen molar-refractivity contribution in [3.8, 4) is 22.9 Å². The topological polar surface area (TPSA) is 84.4 Å². The Balaban J connectivity index is 2.30. The number of ether oxygens (including phenoxy) is 2. The molecule has 0 spiro atoms. The van der Waals surface area contributed by atoms with Crippen LogP contribution in [0.5, 0.6) is 11.5 Å². The van der Waals surface area contributed by atoms with Crippen molar-refractivity contribution in [1.29, 1.82) is 0 Å². The number of imidazole rings is 1. The summed E-state index contributed by atoms with van der Waals surface area (Å²) in [5.41, 5.74) is 1.37. The van der Waals surface area contributed by atoms with E-state index in [1.165, 1.54) is 6.20 Å². The molecule has 0 aliphatic carbocycles. The normalized spacial score (nSPS) is 10.3. The zero-order chi connectivity index (χ0) is 14.5. The number of aliphatic carboxylic acids is 1. The van der Waals surface area contributed by atoms with Crippen molar-refractivity contribution in [1.82, 2.24) is 9.97 Å². The number of aromatic nitrogens is 2. The molecule has 0 saturated carbocycles. The molecular formula is C14H16N2O4. The summed E-state index contributed by atoms with van der Waals surface area (Å²) < 4.78 is 10.7. The van der Waals surface area contributed by atoms with Crippen LogP contribution in [-0.4, -0.2) is 34.8 Å². The van der Waals surface area contributed by atoms with Crippen molar-refractivity contribution < 1.29 is 19.4 Å². The maximum Gasteiger partial charge on any atom is 0.309 e. The first-order valence-corrected chi connectivity index (χ1v) is 6.21. The molecule has 0 bridgehead atoms. The molecule has 2 aromatic rings. The van der Waals surface area contributed by atoms with Crippen molar-refractivity contribution in [2.45, 2.75) is 13.3 Å². The molecule has 0 aliphatic heterocycles. The highest BCUT2D eigenvalue weighted by molar-refractivity contribution is 5.70. The molecule has 0 atom stereocenters. The van der Waals surface area contributed by atoms with E-state index < -0.39 is 5.97 Å². The lowest BCUT2D eigenvalue weighted by atomic mass is 10.2. The summed E-state index contributed by atoms with van der Waals surface area (Å²) in [6, 6.07) is 5.44. The van der Waals surface area contributed by atoms with Gasteiger partial charge >= 0.3 is 5.97 Å². The molecule has 0 radical (unpaired) electrons. The Morgan fingerprint density at radius 2 is 2.20 bits per heavy atom. The van der Waals surface area contributed by atoms with Gasteiger partial charge in [-0.25, -0.2) is 4.98 Å². The number of carboxylic acid groups (broad SMARTS) is 1. The summed E-state index contributed by atoms with van der Waals surface area (Å²) >= 11 is 0. The maximum absolute atomic E-state index is 10.7. The van der Waals surface area contributed by atoms with Crippen molar-refractivity contribution in [3.05, 3.63) is 30.1 Å². The number of carboxylic acids is 1. The lowest BCUT2D eigenvalue weighted by molar-refractivity contribution is -0.136. The third-order valence-electron chi connectivity index (χ3n) is 2.71. The molecule has 1 aromatic carbocycles. The highest BCUT2D eigenvalue weighted by Crippen LogP contribution is 2.31. The number of hydrogen-bond acceptors (Lipinski definition) is 4. The van der Waals surface area contributed by atoms with Gasteiger partial charge in [-0.3, -0.25) is 4.79 Å². The van der Waals surface area contributed by atoms with Crippen molar-refractivity contribution >= 4 is 5.97 Å². The van der Waals surface area contributed by atoms with Gasteiger partial charge in [0.05, 0.1) is 20.1 Å². The molecule has 6 heteroatoms. The number of aromatic amines is 1. The van der Waals surface area contributed by atoms with Crippen molar-refractivity contribution in [3.63, 3.8) is 0 Å². The van der Waals surface area contributed by atoms with Crippen LogP contribution in [0.25, 0.3) is 11.4 Å². The number of hydrogen-bond donors (Lipinski definition) is 2. The second-order valence-corrected chi connectivity index (χ2v) is 4.13. The molecule has 106 valence electrons. The average molecular weight is 276 g/mol. The fourth-order valence-corrected chi connectivity index (χ4v) is 1.85. The van der Waals surface area contributed by atoms with E-state index in [1.807, 2.05) is 19.1 Å². The fraction of sp³-hybridized carbons (Fsp3) is 0.286. The number of benzene rings is 1. The van der Waals surface area contributed by atoms with E-state index in [2.05, 4.69) is 9.97 Å². The molecule has 0 saturated heterocycles. The Hall–Kier alpha value is -2.50. The first-order valence-electron chi connectivity index (χ1n) is 6.21. The quantitative estimate of drug-likeness (QED) is 0.844. The molecule has 1 heterocycles. The van der Waals surface area contributed by atoms with Gasteiger partial charge in [-0.15, -0.1) is 0 Å². The zero-order valence-corrected chi connectivity index (χ0v) is 11.3. The molecule has 0 fully saturated rings. The Kier molecular flexibility index (Phi) is 4.24. The molecule has 0 unspecified atom stereocenters. The van der Waals surface area contributed by atoms with Crippen molar-refractivity contribution in [2.75, 3.05) is 13.7 Å². The molecule has 0 amide bonds. The van der Waals surface area contributed by atoms with E-state index in [9.17, 15) is 4.79 Å². The number of methoxy groups -OCH3 is 1. The van der Waals surface area contributed by atoms with Crippen LogP contribution in [0.4, 0.5) is 0 Å². The molecule has 2 N–H and O–H groups in total. The van der Waals surface area contributed by atoms with E-state index in [1.54, 1.807) is 13.2 Å². The standard InChI is InChI=1S/C14H16N2O4/c1-3-20-12-6-9(4-5-11(12)19-2)14-15-8-10(16-14)7-13(17)18/h4-6,8H,3,7H2,1-2H3,(H,15,16)(H,17,18). The first kappa shape index (κ1) is 13.9. The molecule has 0 aliphatic rings. The predicted octanol–water partition coefficient (Wildman–Crippen LogP) is 2.11. The zero-order valence-electron chi connectivity index (χ0n) is 11.3. The van der Waals surface area contributed by atoms with Gasteiger partial charge in [0.1, 0.15) is 5.82 Å². The lowest BCUT2D eigenvalue weighted by Crippen LogP contribution is -2.00. The Morgan fingerprint density at radius 1 is 1.40 bits per heavy atom. The van der Waals surface area contributed by atoms with Gasteiger partial charge in [-0.2, -0.15) is 0 Å². The first-order chi connectivity index (χ1) is 9.63. The Bertz CT molecular complexity index is 607. The summed E-state index contributed by atoms with van der Waals surface area (Å²) in [7, 11) is 1.58. The van der Waals surface area contributed by atoms with E-state index >= 15 is 0 Å². The minimum absolute atomic E-state index is 0.0819. The van der Waals surface area contributed by atoms with E-state index in [0.717, 1.165) is 5.56 Å². The monoisotopic (exact) mass is 276 g/mol. The molecular weight excluding hydrogens is 260 g/mol. The second kappa shape index (κ2) is 6.10. The van der Waals surface area contributed by atoms with Crippen LogP contribution >= 0.6 is 0 Å². The minimum atomic E-state index is -0.898. The molecule has 2 rings (SSSR count). The Morgan fingerprint density at radius 3 is 2.85 bits per heavy atom. The smallest absolute Gasteiger partial charge is 0.309 e. The van der Waals surface area contributed by atoms with Gasteiger partial charge in [0.15, 0.2) is 11.5 Å². The van der Waals surface area contributed by atoms with Crippen molar-refractivity contribution in [2.24, 2.45) is 0 Å². The molecule has 6 nitrogen and oxygen atoms in total. The summed E-state index contributed by atoms with van der Waals surface area (Å²) in [6.07, 6.45) is 1.44. The highest BCUT2D eigenvalue weighted by atomic mass is 16.5. The van der Waals surface area contributed by atoms with Gasteiger partial charge in [0, 0.05) is 17.5 Å². The van der Waals surface area contributed by atoms with E-state index in [-0.39, 0.29) is 6.42 Å². The van der Waals surface area contributed by atoms with Gasteiger partial charge in [0.25, 0.3) is 0 Å². The van der Waals surface area contributed by atoms with E-state index in [4.69, 9.17) is 14.6 Å². The van der Waals surface area contributed by atoms with Crippen LogP contribution in [0.3, 0.4) is 0 Å². The third-order valence-corrected chi connectivity index (χ3v) is 2.71. The summed E-state index contributed by atoms with van der Waals surface area (Å²) in [4.78, 5) is 17.8. The summed E-state index contributed by atoms with van der Waals surface area (Å²) in [5, 5.41) is 8.74. The number of H-pyrrole nitrogens is 1. The van der Waals surface area contributed by atoms with Gasteiger partial charge < -0.3 is 19.6 Å². The SMILES string of the molecule is CCOc1cc(-c2ncc(CC(=O)O)[nH]2)ccc1OC. The number of nitrogens with zero attached hydrogens (tertiary/aromatic N) is 1. The number of carbonyl (C=O) groups is 1. The average Bonchev–Trinajstić information content (AvgIpc) is 2.86. The van der Waals surface area contributed by atoms with E-state index in [0.29, 0.717) is 29.6 Å². The third kappa shape index (κ3) is 3.09. The van der Waals surface area contributed by atoms with Crippen LogP contribution < -0.4 is 9.47 Å². The Labute approximate surface area is 116 Å². The molecule has 20 heavy (non-hydrogen) atoms. The molecule has 1 aromatic heterocycles. The second-order valence-electron chi connectivity index (χ2n) is 4.13. The predicted molar refractivity (Wildman–Crippen MR) is 73.1 cm³/mol. The van der Waals surface area contributed by atoms with Gasteiger partial charge in [-0.05, 0) is 25.1 Å². The van der Waals surface area contributed by atoms with Gasteiger partial charge in [0.2, 0.25) is 0 Å². The summed E-state index contributed by atoms with van der Waals surface area (Å²) in [5.74, 6) is 0.978. The lowest BCUT2D eigenvalue weighted by Gasteiger charge is -2.10. The van der Waals surface area contributed by atoms with Crippen LogP contribution in [0, 0.1) is 0 Å². The fourth-order valence-electron chi connectivity index (χ4n) is 1.85. The van der Waals surface area contributed by atoms with Gasteiger partial charge in [-0.1, -0.05) is 0 Å². The number of nitrogens with one attached hydrogen (secondary N) is 1. The van der Waals surface area contributed by atoms with Crippen LogP contribution in [-0.2, 0) is 11.2 Å². The highest BCUT2D eigenvalue weighted by Gasteiger charge is 2.10. The minimum Gasteiger partial charge on any atom is -0.493 e. The number of rotatable bonds is 6. The van der Waals surface area contributed by atoms with Crippen LogP contribution in [0.2, 0.25) is 0 Å². The van der Waals surface area contributed by atoms with Crippen LogP contribution in [0.1, 0.15) is 12.6 Å².